The number of aromatic nitrogens is 3. The van der Waals surface area contributed by atoms with Crippen molar-refractivity contribution in [1.29, 1.82) is 0 Å². The summed E-state index contributed by atoms with van der Waals surface area (Å²) in [4.78, 5) is 20.0. The summed E-state index contributed by atoms with van der Waals surface area (Å²) in [5, 5.41) is 10.0. The standard InChI is InChI=1S/C12H9N3O3S2/c1-7-13-10(18-15-7)4-17-12(16)9-6-20-11(14-9)8-2-3-19-5-8/h2-3,5-6H,4H2,1H3. The first kappa shape index (κ1) is 12.9. The smallest absolute Gasteiger partial charge is 0.358 e. The molecule has 0 fully saturated rings. The minimum absolute atomic E-state index is 0.0506. The molecule has 0 bridgehead atoms. The van der Waals surface area contributed by atoms with Crippen molar-refractivity contribution < 1.29 is 14.1 Å². The number of carbonyl (C=O) groups is 1. The fraction of sp³-hybridized carbons (Fsp3) is 0.167. The highest BCUT2D eigenvalue weighted by Gasteiger charge is 2.15. The third-order valence-corrected chi connectivity index (χ3v) is 3.95. The molecule has 3 heterocycles. The molecule has 3 aromatic rings. The van der Waals surface area contributed by atoms with Crippen molar-refractivity contribution >= 4 is 28.6 Å². The normalized spacial score (nSPS) is 10.7. The maximum atomic E-state index is 11.8. The van der Waals surface area contributed by atoms with Crippen molar-refractivity contribution in [2.24, 2.45) is 0 Å². The molecule has 0 amide bonds. The Hall–Kier alpha value is -2.06. The fourth-order valence-corrected chi connectivity index (χ4v) is 2.99. The molecule has 3 aromatic heterocycles. The van der Waals surface area contributed by atoms with Gasteiger partial charge in [-0.1, -0.05) is 5.16 Å². The van der Waals surface area contributed by atoms with Crippen LogP contribution in [0.15, 0.2) is 26.7 Å². The number of thiazole rings is 1. The molecule has 3 rings (SSSR count). The number of carbonyl (C=O) groups excluding carboxylic acids is 1. The number of rotatable bonds is 4. The molecule has 0 spiro atoms. The minimum atomic E-state index is -0.501. The number of hydrogen-bond acceptors (Lipinski definition) is 8. The van der Waals surface area contributed by atoms with Crippen molar-refractivity contribution in [2.45, 2.75) is 13.5 Å². The molecule has 8 heteroatoms. The van der Waals surface area contributed by atoms with Gasteiger partial charge in [0.2, 0.25) is 0 Å². The second-order valence-corrected chi connectivity index (χ2v) is 5.50. The number of ether oxygens (including phenoxy) is 1. The lowest BCUT2D eigenvalue weighted by molar-refractivity contribution is 0.0424. The Morgan fingerprint density at radius 3 is 3.00 bits per heavy atom. The van der Waals surface area contributed by atoms with E-state index in [4.69, 9.17) is 9.26 Å². The molecule has 0 unspecified atom stereocenters. The van der Waals surface area contributed by atoms with Gasteiger partial charge in [0.1, 0.15) is 5.01 Å². The number of nitrogens with zero attached hydrogens (tertiary/aromatic N) is 3. The molecule has 0 aliphatic rings. The Kier molecular flexibility index (Phi) is 3.57. The SMILES string of the molecule is Cc1noc(COC(=O)c2csc(-c3ccsc3)n2)n1. The van der Waals surface area contributed by atoms with E-state index >= 15 is 0 Å². The maximum Gasteiger partial charge on any atom is 0.358 e. The van der Waals surface area contributed by atoms with Crippen LogP contribution in [0.4, 0.5) is 0 Å². The molecule has 0 aliphatic heterocycles. The van der Waals surface area contributed by atoms with Crippen molar-refractivity contribution in [3.63, 3.8) is 0 Å². The molecule has 102 valence electrons. The zero-order valence-electron chi connectivity index (χ0n) is 10.4. The summed E-state index contributed by atoms with van der Waals surface area (Å²) in [5.41, 5.74) is 1.29. The van der Waals surface area contributed by atoms with Gasteiger partial charge in [0.25, 0.3) is 5.89 Å². The summed E-state index contributed by atoms with van der Waals surface area (Å²) in [5.74, 6) is 0.271. The third kappa shape index (κ3) is 2.75. The van der Waals surface area contributed by atoms with Gasteiger partial charge in [-0.25, -0.2) is 9.78 Å². The van der Waals surface area contributed by atoms with Crippen molar-refractivity contribution in [2.75, 3.05) is 0 Å². The summed E-state index contributed by atoms with van der Waals surface area (Å²) >= 11 is 2.99. The third-order valence-electron chi connectivity index (χ3n) is 2.38. The van der Waals surface area contributed by atoms with Gasteiger partial charge in [-0.05, 0) is 18.4 Å². The Bertz CT molecular complexity index is 718. The summed E-state index contributed by atoms with van der Waals surface area (Å²) in [6, 6.07) is 1.96. The van der Waals surface area contributed by atoms with Crippen LogP contribution in [0.2, 0.25) is 0 Å². The van der Waals surface area contributed by atoms with Crippen LogP contribution in [0.1, 0.15) is 22.2 Å². The largest absolute Gasteiger partial charge is 0.451 e. The second-order valence-electron chi connectivity index (χ2n) is 3.86. The van der Waals surface area contributed by atoms with Crippen LogP contribution in [0.3, 0.4) is 0 Å². The maximum absolute atomic E-state index is 11.8. The Labute approximate surface area is 122 Å². The first-order valence-electron chi connectivity index (χ1n) is 5.67. The van der Waals surface area contributed by atoms with Gasteiger partial charge in [0, 0.05) is 16.3 Å². The molecule has 0 N–H and O–H groups in total. The van der Waals surface area contributed by atoms with E-state index in [0.717, 1.165) is 10.6 Å². The average Bonchev–Trinajstić information content (AvgIpc) is 3.16. The zero-order chi connectivity index (χ0) is 13.9. The van der Waals surface area contributed by atoms with Crippen molar-refractivity contribution in [3.8, 4) is 10.6 Å². The monoisotopic (exact) mass is 307 g/mol. The first-order chi connectivity index (χ1) is 9.72. The van der Waals surface area contributed by atoms with Crippen LogP contribution >= 0.6 is 22.7 Å². The lowest BCUT2D eigenvalue weighted by atomic mass is 10.3. The van der Waals surface area contributed by atoms with E-state index in [9.17, 15) is 4.79 Å². The number of hydrogen-bond donors (Lipinski definition) is 0. The van der Waals surface area contributed by atoms with Crippen LogP contribution in [-0.2, 0) is 11.3 Å². The number of aryl methyl sites for hydroxylation is 1. The summed E-state index contributed by atoms with van der Waals surface area (Å²) in [6.07, 6.45) is 0. The quantitative estimate of drug-likeness (QED) is 0.690. The molecule has 0 aromatic carbocycles. The fourth-order valence-electron chi connectivity index (χ4n) is 1.49. The van der Waals surface area contributed by atoms with Crippen LogP contribution in [0.5, 0.6) is 0 Å². The van der Waals surface area contributed by atoms with E-state index in [2.05, 4.69) is 15.1 Å². The molecule has 6 nitrogen and oxygen atoms in total. The van der Waals surface area contributed by atoms with E-state index in [0.29, 0.717) is 5.82 Å². The van der Waals surface area contributed by atoms with Gasteiger partial charge in [-0.2, -0.15) is 16.3 Å². The van der Waals surface area contributed by atoms with E-state index < -0.39 is 5.97 Å². The molecule has 0 saturated heterocycles. The predicted octanol–water partition coefficient (Wildman–Crippen LogP) is 2.92. The second kappa shape index (κ2) is 5.51. The Balaban J connectivity index is 1.65. The minimum Gasteiger partial charge on any atom is -0.451 e. The number of esters is 1. The van der Waals surface area contributed by atoms with Gasteiger partial charge in [-0.15, -0.1) is 11.3 Å². The highest BCUT2D eigenvalue weighted by Crippen LogP contribution is 2.25. The molecular formula is C12H9N3O3S2. The lowest BCUT2D eigenvalue weighted by Gasteiger charge is -1.97. The topological polar surface area (TPSA) is 78.1 Å². The summed E-state index contributed by atoms with van der Waals surface area (Å²) < 4.78 is 9.93. The highest BCUT2D eigenvalue weighted by atomic mass is 32.1. The number of thiophene rings is 1. The molecule has 0 radical (unpaired) electrons. The lowest BCUT2D eigenvalue weighted by Crippen LogP contribution is -2.05. The van der Waals surface area contributed by atoms with Gasteiger partial charge >= 0.3 is 5.97 Å². The van der Waals surface area contributed by atoms with Gasteiger partial charge in [-0.3, -0.25) is 0 Å². The molecule has 20 heavy (non-hydrogen) atoms. The average molecular weight is 307 g/mol. The van der Waals surface area contributed by atoms with Crippen LogP contribution < -0.4 is 0 Å². The Morgan fingerprint density at radius 2 is 2.30 bits per heavy atom. The highest BCUT2D eigenvalue weighted by molar-refractivity contribution is 7.14. The van der Waals surface area contributed by atoms with Crippen molar-refractivity contribution in [1.82, 2.24) is 15.1 Å². The van der Waals surface area contributed by atoms with E-state index in [1.807, 2.05) is 16.8 Å². The Morgan fingerprint density at radius 1 is 1.40 bits per heavy atom. The zero-order valence-corrected chi connectivity index (χ0v) is 12.0. The predicted molar refractivity (Wildman–Crippen MR) is 73.6 cm³/mol. The van der Waals surface area contributed by atoms with E-state index in [1.54, 1.807) is 23.6 Å². The van der Waals surface area contributed by atoms with Crippen LogP contribution in [0.25, 0.3) is 10.6 Å². The first-order valence-corrected chi connectivity index (χ1v) is 7.49. The van der Waals surface area contributed by atoms with Gasteiger partial charge in [0.15, 0.2) is 18.1 Å². The van der Waals surface area contributed by atoms with Crippen LogP contribution in [0, 0.1) is 6.92 Å². The van der Waals surface area contributed by atoms with Gasteiger partial charge in [0.05, 0.1) is 0 Å². The summed E-state index contributed by atoms with van der Waals surface area (Å²) in [6.45, 7) is 1.65. The molecule has 0 atom stereocenters. The van der Waals surface area contributed by atoms with Crippen molar-refractivity contribution in [3.05, 3.63) is 39.6 Å². The molecule has 0 saturated carbocycles. The van der Waals surface area contributed by atoms with E-state index in [1.165, 1.54) is 11.3 Å². The summed E-state index contributed by atoms with van der Waals surface area (Å²) in [7, 11) is 0. The van der Waals surface area contributed by atoms with Gasteiger partial charge < -0.3 is 9.26 Å². The van der Waals surface area contributed by atoms with E-state index in [-0.39, 0.29) is 18.2 Å². The molecular weight excluding hydrogens is 298 g/mol. The molecule has 0 aliphatic carbocycles. The van der Waals surface area contributed by atoms with Crippen LogP contribution in [-0.4, -0.2) is 21.1 Å².